The summed E-state index contributed by atoms with van der Waals surface area (Å²) < 4.78 is 47.2. The molecule has 11 heteroatoms. The van der Waals surface area contributed by atoms with Gasteiger partial charge in [-0.05, 0) is 61.2 Å². The van der Waals surface area contributed by atoms with Crippen LogP contribution in [0.4, 0.5) is 10.1 Å². The number of benzene rings is 2. The standard InChI is InChI=1S/C27H37FN4O5S/c1-5-25(27(34)29-22-10-6-7-11-22)31(18-20-9-8-12-24(17-20)37-4)26(33)19-32(38(35,36)30(2)3)23-15-13-21(28)14-16-23/h8-9,12-17,22,25H,5-7,10-11,18-19H2,1-4H3,(H,29,34)/t25-/m0/s1. The van der Waals surface area contributed by atoms with Crippen molar-refractivity contribution in [2.75, 3.05) is 32.1 Å². The Bertz CT molecular complexity index is 1200. The Kier molecular flexibility index (Phi) is 10.1. The normalized spacial score (nSPS) is 14.8. The van der Waals surface area contributed by atoms with Crippen LogP contribution >= 0.6 is 0 Å². The van der Waals surface area contributed by atoms with Gasteiger partial charge in [0.1, 0.15) is 24.2 Å². The molecule has 0 aromatic heterocycles. The summed E-state index contributed by atoms with van der Waals surface area (Å²) >= 11 is 0. The first-order chi connectivity index (χ1) is 18.1. The highest BCUT2D eigenvalue weighted by molar-refractivity contribution is 7.90. The molecule has 38 heavy (non-hydrogen) atoms. The molecule has 1 saturated carbocycles. The molecule has 1 fully saturated rings. The van der Waals surface area contributed by atoms with Crippen LogP contribution < -0.4 is 14.4 Å². The topological polar surface area (TPSA) is 99.3 Å². The average molecular weight is 549 g/mol. The number of rotatable bonds is 12. The van der Waals surface area contributed by atoms with Crippen molar-refractivity contribution in [3.8, 4) is 5.75 Å². The number of nitrogens with zero attached hydrogens (tertiary/aromatic N) is 3. The minimum atomic E-state index is -4.11. The van der Waals surface area contributed by atoms with E-state index < -0.39 is 34.5 Å². The number of ether oxygens (including phenoxy) is 1. The van der Waals surface area contributed by atoms with Gasteiger partial charge in [-0.25, -0.2) is 8.70 Å². The number of amides is 2. The highest BCUT2D eigenvalue weighted by Gasteiger charge is 2.34. The average Bonchev–Trinajstić information content (AvgIpc) is 3.40. The number of carbonyl (C=O) groups excluding carboxylic acids is 2. The number of hydrogen-bond donors (Lipinski definition) is 1. The fraction of sp³-hybridized carbons (Fsp3) is 0.481. The van der Waals surface area contributed by atoms with E-state index in [9.17, 15) is 22.4 Å². The molecule has 0 bridgehead atoms. The van der Waals surface area contributed by atoms with Crippen molar-refractivity contribution in [3.63, 3.8) is 0 Å². The molecule has 1 aliphatic carbocycles. The summed E-state index contributed by atoms with van der Waals surface area (Å²) in [7, 11) is 0.139. The lowest BCUT2D eigenvalue weighted by Gasteiger charge is -2.34. The second-order valence-corrected chi connectivity index (χ2v) is 11.6. The highest BCUT2D eigenvalue weighted by atomic mass is 32.2. The van der Waals surface area contributed by atoms with Crippen LogP contribution in [0.3, 0.4) is 0 Å². The van der Waals surface area contributed by atoms with E-state index in [1.807, 2.05) is 13.0 Å². The molecule has 0 spiro atoms. The zero-order valence-corrected chi connectivity index (χ0v) is 23.2. The number of methoxy groups -OCH3 is 1. The van der Waals surface area contributed by atoms with Gasteiger partial charge in [-0.1, -0.05) is 31.9 Å². The minimum absolute atomic E-state index is 0.0650. The van der Waals surface area contributed by atoms with Gasteiger partial charge in [-0.3, -0.25) is 9.59 Å². The summed E-state index contributed by atoms with van der Waals surface area (Å²) in [6.07, 6.45) is 4.22. The summed E-state index contributed by atoms with van der Waals surface area (Å²) in [5.41, 5.74) is 0.867. The predicted octanol–water partition coefficient (Wildman–Crippen LogP) is 3.31. The van der Waals surface area contributed by atoms with E-state index in [0.717, 1.165) is 52.0 Å². The molecule has 1 N–H and O–H groups in total. The van der Waals surface area contributed by atoms with Crippen molar-refractivity contribution < 1.29 is 27.1 Å². The maximum absolute atomic E-state index is 13.9. The largest absolute Gasteiger partial charge is 0.497 e. The van der Waals surface area contributed by atoms with Crippen molar-refractivity contribution in [2.45, 2.75) is 57.7 Å². The minimum Gasteiger partial charge on any atom is -0.497 e. The zero-order chi connectivity index (χ0) is 27.9. The van der Waals surface area contributed by atoms with Crippen LogP contribution in [0.2, 0.25) is 0 Å². The first kappa shape index (κ1) is 29.4. The SMILES string of the molecule is CC[C@@H](C(=O)NC1CCCC1)N(Cc1cccc(OC)c1)C(=O)CN(c1ccc(F)cc1)S(=O)(=O)N(C)C. The second kappa shape index (κ2) is 13.1. The molecule has 208 valence electrons. The third-order valence-electron chi connectivity index (χ3n) is 6.71. The van der Waals surface area contributed by atoms with Crippen molar-refractivity contribution in [3.05, 3.63) is 59.9 Å². The number of anilines is 1. The monoisotopic (exact) mass is 548 g/mol. The number of halogens is 1. The Hall–Kier alpha value is -3.18. The third kappa shape index (κ3) is 7.22. The van der Waals surface area contributed by atoms with Crippen LogP contribution in [0, 0.1) is 5.82 Å². The molecule has 0 aliphatic heterocycles. The summed E-state index contributed by atoms with van der Waals surface area (Å²) in [6, 6.07) is 11.3. The van der Waals surface area contributed by atoms with Crippen LogP contribution in [0.25, 0.3) is 0 Å². The Morgan fingerprint density at radius 1 is 1.11 bits per heavy atom. The van der Waals surface area contributed by atoms with Gasteiger partial charge in [-0.15, -0.1) is 0 Å². The van der Waals surface area contributed by atoms with E-state index in [0.29, 0.717) is 12.2 Å². The highest BCUT2D eigenvalue weighted by Crippen LogP contribution is 2.23. The molecular weight excluding hydrogens is 511 g/mol. The lowest BCUT2D eigenvalue weighted by atomic mass is 10.1. The van der Waals surface area contributed by atoms with Crippen LogP contribution in [-0.4, -0.2) is 69.3 Å². The number of hydrogen-bond acceptors (Lipinski definition) is 5. The van der Waals surface area contributed by atoms with Gasteiger partial charge >= 0.3 is 10.2 Å². The van der Waals surface area contributed by atoms with Gasteiger partial charge in [0.2, 0.25) is 11.8 Å². The summed E-state index contributed by atoms with van der Waals surface area (Å²) in [6.45, 7) is 1.33. The maximum Gasteiger partial charge on any atom is 0.304 e. The van der Waals surface area contributed by atoms with E-state index >= 15 is 0 Å². The molecule has 0 radical (unpaired) electrons. The fourth-order valence-electron chi connectivity index (χ4n) is 4.58. The maximum atomic E-state index is 13.9. The number of nitrogens with one attached hydrogen (secondary N) is 1. The van der Waals surface area contributed by atoms with E-state index in [4.69, 9.17) is 4.74 Å². The molecular formula is C27H37FN4O5S. The van der Waals surface area contributed by atoms with Gasteiger partial charge in [0.15, 0.2) is 0 Å². The van der Waals surface area contributed by atoms with Gasteiger partial charge < -0.3 is 15.0 Å². The van der Waals surface area contributed by atoms with E-state index in [1.54, 1.807) is 25.3 Å². The van der Waals surface area contributed by atoms with Gasteiger partial charge in [-0.2, -0.15) is 12.7 Å². The van der Waals surface area contributed by atoms with Crippen molar-refractivity contribution in [1.29, 1.82) is 0 Å². The van der Waals surface area contributed by atoms with E-state index in [-0.39, 0.29) is 24.2 Å². The van der Waals surface area contributed by atoms with Crippen molar-refractivity contribution >= 4 is 27.7 Å². The molecule has 0 heterocycles. The second-order valence-electron chi connectivity index (χ2n) is 9.56. The van der Waals surface area contributed by atoms with Crippen molar-refractivity contribution in [1.82, 2.24) is 14.5 Å². The van der Waals surface area contributed by atoms with Crippen LogP contribution in [0.1, 0.15) is 44.6 Å². The van der Waals surface area contributed by atoms with Gasteiger partial charge in [0.05, 0.1) is 12.8 Å². The fourth-order valence-corrected chi connectivity index (χ4v) is 5.63. The first-order valence-corrected chi connectivity index (χ1v) is 14.1. The Morgan fingerprint density at radius 3 is 2.34 bits per heavy atom. The smallest absolute Gasteiger partial charge is 0.304 e. The molecule has 2 aromatic rings. The van der Waals surface area contributed by atoms with Crippen LogP contribution in [0.15, 0.2) is 48.5 Å². The van der Waals surface area contributed by atoms with Gasteiger partial charge in [0, 0.05) is 26.7 Å². The lowest BCUT2D eigenvalue weighted by Crippen LogP contribution is -2.54. The Morgan fingerprint density at radius 2 is 1.76 bits per heavy atom. The first-order valence-electron chi connectivity index (χ1n) is 12.7. The lowest BCUT2D eigenvalue weighted by molar-refractivity contribution is -0.140. The molecule has 9 nitrogen and oxygen atoms in total. The predicted molar refractivity (Wildman–Crippen MR) is 144 cm³/mol. The summed E-state index contributed by atoms with van der Waals surface area (Å²) in [4.78, 5) is 28.7. The molecule has 3 rings (SSSR count). The molecule has 0 saturated heterocycles. The van der Waals surface area contributed by atoms with Gasteiger partial charge in [0.25, 0.3) is 0 Å². The Balaban J connectivity index is 1.97. The van der Waals surface area contributed by atoms with Crippen LogP contribution in [-0.2, 0) is 26.3 Å². The molecule has 1 aliphatic rings. The molecule has 2 amide bonds. The summed E-state index contributed by atoms with van der Waals surface area (Å²) in [5, 5.41) is 3.07. The molecule has 2 aromatic carbocycles. The van der Waals surface area contributed by atoms with E-state index in [1.165, 1.54) is 31.1 Å². The third-order valence-corrected chi connectivity index (χ3v) is 8.53. The molecule has 0 unspecified atom stereocenters. The molecule has 1 atom stereocenters. The number of carbonyl (C=O) groups is 2. The summed E-state index contributed by atoms with van der Waals surface area (Å²) in [5.74, 6) is -0.756. The quantitative estimate of drug-likeness (QED) is 0.439. The van der Waals surface area contributed by atoms with Crippen molar-refractivity contribution in [2.24, 2.45) is 0 Å². The zero-order valence-electron chi connectivity index (χ0n) is 22.4. The van der Waals surface area contributed by atoms with E-state index in [2.05, 4.69) is 5.32 Å². The Labute approximate surface area is 224 Å². The van der Waals surface area contributed by atoms with Crippen LogP contribution in [0.5, 0.6) is 5.75 Å².